The number of nitrogens with zero attached hydrogens (tertiary/aromatic N) is 3. The average molecular weight is 154 g/mol. The summed E-state index contributed by atoms with van der Waals surface area (Å²) in [7, 11) is 1.67. The molecule has 0 amide bonds. The van der Waals surface area contributed by atoms with Gasteiger partial charge in [0, 0.05) is 13.3 Å². The van der Waals surface area contributed by atoms with Gasteiger partial charge >= 0.3 is 0 Å². The quantitative estimate of drug-likeness (QED) is 0.512. The summed E-state index contributed by atoms with van der Waals surface area (Å²) in [5, 5.41) is 3.21. The first-order valence-corrected chi connectivity index (χ1v) is 3.49. The van der Waals surface area contributed by atoms with Crippen LogP contribution in [0.25, 0.3) is 0 Å². The highest BCUT2D eigenvalue weighted by molar-refractivity contribution is 7.11. The van der Waals surface area contributed by atoms with Gasteiger partial charge in [0.15, 0.2) is 5.82 Å². The molecule has 0 aliphatic heterocycles. The molecule has 5 heteroatoms. The Hall–Kier alpha value is -1.10. The number of thiazole rings is 1. The third-order valence-electron chi connectivity index (χ3n) is 0.927. The molecule has 0 unspecified atom stereocenters. The van der Waals surface area contributed by atoms with Gasteiger partial charge < -0.3 is 0 Å². The molecule has 0 fully saturated rings. The van der Waals surface area contributed by atoms with E-state index in [1.807, 2.05) is 0 Å². The first-order valence-electron chi connectivity index (χ1n) is 2.61. The Morgan fingerprint density at radius 3 is 3.20 bits per heavy atom. The summed E-state index contributed by atoms with van der Waals surface area (Å²) in [5.74, 6) is 0.440. The van der Waals surface area contributed by atoms with Gasteiger partial charge in [-0.3, -0.25) is 4.99 Å². The number of rotatable bonds is 2. The fourth-order valence-electron chi connectivity index (χ4n) is 0.539. The van der Waals surface area contributed by atoms with Gasteiger partial charge in [-0.05, 0) is 0 Å². The third kappa shape index (κ3) is 1.24. The largest absolute Gasteiger partial charge is 0.295 e. The Morgan fingerprint density at radius 1 is 1.80 bits per heavy atom. The minimum Gasteiger partial charge on any atom is -0.295 e. The number of hydrogen-bond donors (Lipinski definition) is 1. The zero-order valence-electron chi connectivity index (χ0n) is 5.40. The van der Waals surface area contributed by atoms with E-state index < -0.39 is 0 Å². The molecule has 0 aromatic carbocycles. The van der Waals surface area contributed by atoms with E-state index in [4.69, 9.17) is 5.53 Å². The lowest BCUT2D eigenvalue weighted by Crippen LogP contribution is -1.72. The Morgan fingerprint density at radius 2 is 2.60 bits per heavy atom. The molecule has 1 N–H and O–H groups in total. The van der Waals surface area contributed by atoms with Crippen molar-refractivity contribution in [1.82, 2.24) is 4.98 Å². The van der Waals surface area contributed by atoms with Crippen LogP contribution in [-0.4, -0.2) is 18.2 Å². The van der Waals surface area contributed by atoms with Crippen molar-refractivity contribution in [2.45, 2.75) is 0 Å². The molecule has 0 radical (unpaired) electrons. The van der Waals surface area contributed by atoms with Crippen molar-refractivity contribution in [3.63, 3.8) is 0 Å². The standard InChI is InChI=1S/C5H6N4S/c1-7-2-4-5(9-6)8-3-10-4/h2-3,6H,1H3. The topological polar surface area (TPSA) is 61.5 Å². The molecule has 0 aliphatic rings. The molecule has 0 atom stereocenters. The highest BCUT2D eigenvalue weighted by atomic mass is 32.1. The van der Waals surface area contributed by atoms with Crippen LogP contribution in [0.3, 0.4) is 0 Å². The molecule has 0 saturated heterocycles. The number of aliphatic imine (C=N–C) groups is 1. The van der Waals surface area contributed by atoms with Crippen LogP contribution in [0.4, 0.5) is 5.82 Å². The fourth-order valence-corrected chi connectivity index (χ4v) is 1.17. The van der Waals surface area contributed by atoms with E-state index in [1.165, 1.54) is 11.3 Å². The lowest BCUT2D eigenvalue weighted by atomic mass is 10.5. The van der Waals surface area contributed by atoms with Crippen LogP contribution < -0.4 is 0 Å². The molecule has 4 nitrogen and oxygen atoms in total. The van der Waals surface area contributed by atoms with Gasteiger partial charge in [0.2, 0.25) is 0 Å². The zero-order chi connectivity index (χ0) is 7.40. The molecule has 10 heavy (non-hydrogen) atoms. The van der Waals surface area contributed by atoms with Crippen molar-refractivity contribution in [1.29, 1.82) is 5.53 Å². The summed E-state index contributed by atoms with van der Waals surface area (Å²) >= 11 is 1.42. The second-order valence-corrected chi connectivity index (χ2v) is 2.43. The highest BCUT2D eigenvalue weighted by Crippen LogP contribution is 2.18. The van der Waals surface area contributed by atoms with E-state index >= 15 is 0 Å². The number of hydrogen-bond acceptors (Lipinski definition) is 5. The van der Waals surface area contributed by atoms with Crippen molar-refractivity contribution in [2.24, 2.45) is 10.1 Å². The van der Waals surface area contributed by atoms with Crippen LogP contribution >= 0.6 is 11.3 Å². The van der Waals surface area contributed by atoms with Gasteiger partial charge in [0.1, 0.15) is 0 Å². The summed E-state index contributed by atoms with van der Waals surface area (Å²) in [5.41, 5.74) is 8.33. The van der Waals surface area contributed by atoms with Crippen LogP contribution in [0.1, 0.15) is 4.88 Å². The van der Waals surface area contributed by atoms with E-state index in [-0.39, 0.29) is 0 Å². The Bertz CT molecular complexity index is 252. The summed E-state index contributed by atoms with van der Waals surface area (Å²) < 4.78 is 0. The second kappa shape index (κ2) is 3.17. The smallest absolute Gasteiger partial charge is 0.193 e. The zero-order valence-corrected chi connectivity index (χ0v) is 6.22. The summed E-state index contributed by atoms with van der Waals surface area (Å²) in [6.45, 7) is 0. The summed E-state index contributed by atoms with van der Waals surface area (Å²) in [6.07, 6.45) is 1.64. The van der Waals surface area contributed by atoms with Gasteiger partial charge in [-0.2, -0.15) is 0 Å². The third-order valence-corrected chi connectivity index (χ3v) is 1.68. The van der Waals surface area contributed by atoms with Crippen LogP contribution in [-0.2, 0) is 0 Å². The van der Waals surface area contributed by atoms with Crippen LogP contribution in [0.2, 0.25) is 0 Å². The molecular formula is C5H6N4S. The lowest BCUT2D eigenvalue weighted by molar-refractivity contribution is 1.11. The van der Waals surface area contributed by atoms with Gasteiger partial charge in [-0.25, -0.2) is 10.5 Å². The molecule has 52 valence electrons. The predicted octanol–water partition coefficient (Wildman–Crippen LogP) is 1.85. The number of nitrogens with one attached hydrogen (secondary N) is 1. The lowest BCUT2D eigenvalue weighted by Gasteiger charge is -1.82. The molecule has 1 aromatic rings. The molecule has 1 heterocycles. The maximum Gasteiger partial charge on any atom is 0.193 e. The second-order valence-electron chi connectivity index (χ2n) is 1.54. The molecule has 0 aliphatic carbocycles. The SMILES string of the molecule is CN=Cc1scnc1N=N. The van der Waals surface area contributed by atoms with Gasteiger partial charge in [0.05, 0.1) is 10.4 Å². The Balaban J connectivity index is 3.00. The van der Waals surface area contributed by atoms with Crippen LogP contribution in [0.15, 0.2) is 15.6 Å². The highest BCUT2D eigenvalue weighted by Gasteiger charge is 1.99. The van der Waals surface area contributed by atoms with E-state index in [1.54, 1.807) is 18.8 Å². The molecule has 1 aromatic heterocycles. The van der Waals surface area contributed by atoms with Gasteiger partial charge in [-0.1, -0.05) is 0 Å². The Kier molecular flexibility index (Phi) is 2.22. The Labute approximate surface area is 62.2 Å². The monoisotopic (exact) mass is 154 g/mol. The van der Waals surface area contributed by atoms with Gasteiger partial charge in [0.25, 0.3) is 0 Å². The van der Waals surface area contributed by atoms with Gasteiger partial charge in [-0.15, -0.1) is 16.5 Å². The average Bonchev–Trinajstić information content (AvgIpc) is 2.36. The number of aromatic nitrogens is 1. The molecule has 1 rings (SSSR count). The maximum absolute atomic E-state index is 6.69. The fraction of sp³-hybridized carbons (Fsp3) is 0.200. The normalized spacial score (nSPS) is 10.5. The predicted molar refractivity (Wildman–Crippen MR) is 40.4 cm³/mol. The first kappa shape index (κ1) is 7.01. The van der Waals surface area contributed by atoms with Crippen molar-refractivity contribution in [3.8, 4) is 0 Å². The minimum absolute atomic E-state index is 0.440. The van der Waals surface area contributed by atoms with Crippen LogP contribution in [0, 0.1) is 5.53 Å². The van der Waals surface area contributed by atoms with E-state index in [0.29, 0.717) is 5.82 Å². The van der Waals surface area contributed by atoms with Crippen LogP contribution in [0.5, 0.6) is 0 Å². The summed E-state index contributed by atoms with van der Waals surface area (Å²) in [6, 6.07) is 0. The van der Waals surface area contributed by atoms with E-state index in [2.05, 4.69) is 15.1 Å². The molecule has 0 spiro atoms. The van der Waals surface area contributed by atoms with E-state index in [0.717, 1.165) is 4.88 Å². The van der Waals surface area contributed by atoms with Crippen molar-refractivity contribution in [2.75, 3.05) is 7.05 Å². The molecule has 0 bridgehead atoms. The molecular weight excluding hydrogens is 148 g/mol. The minimum atomic E-state index is 0.440. The van der Waals surface area contributed by atoms with Crippen molar-refractivity contribution < 1.29 is 0 Å². The summed E-state index contributed by atoms with van der Waals surface area (Å²) in [4.78, 5) is 8.45. The van der Waals surface area contributed by atoms with Crippen molar-refractivity contribution >= 4 is 23.4 Å². The molecule has 0 saturated carbocycles. The first-order chi connectivity index (χ1) is 4.88. The van der Waals surface area contributed by atoms with Crippen molar-refractivity contribution in [3.05, 3.63) is 10.4 Å². The maximum atomic E-state index is 6.69. The van der Waals surface area contributed by atoms with E-state index in [9.17, 15) is 0 Å².